The van der Waals surface area contributed by atoms with Gasteiger partial charge in [0.1, 0.15) is 0 Å². The van der Waals surface area contributed by atoms with Gasteiger partial charge in [-0.1, -0.05) is 20.8 Å². The number of nitrogens with zero attached hydrogens (tertiary/aromatic N) is 1. The molecule has 1 N–H and O–H groups in total. The van der Waals surface area contributed by atoms with Crippen LogP contribution in [-0.4, -0.2) is 44.2 Å². The zero-order valence-electron chi connectivity index (χ0n) is 12.4. The summed E-state index contributed by atoms with van der Waals surface area (Å²) in [7, 11) is -1.43. The molecule has 18 heavy (non-hydrogen) atoms. The molecular formula is C13H28N2O2S. The van der Waals surface area contributed by atoms with Crippen molar-refractivity contribution in [3.8, 4) is 0 Å². The minimum Gasteiger partial charge on any atom is -0.314 e. The number of nitrogens with one attached hydrogen (secondary N) is 1. The predicted molar refractivity (Wildman–Crippen MR) is 76.1 cm³/mol. The second-order valence-electron chi connectivity index (χ2n) is 6.46. The highest BCUT2D eigenvalue weighted by molar-refractivity contribution is 7.89. The SMILES string of the molecule is CC(N(C)S(=O)(=O)CCCNC1CC1)C(C)(C)C. The molecule has 1 rings (SSSR count). The van der Waals surface area contributed by atoms with Gasteiger partial charge in [0.05, 0.1) is 5.75 Å². The van der Waals surface area contributed by atoms with Crippen LogP contribution in [0.3, 0.4) is 0 Å². The summed E-state index contributed by atoms with van der Waals surface area (Å²) in [6, 6.07) is 0.665. The van der Waals surface area contributed by atoms with Gasteiger partial charge in [-0.2, -0.15) is 0 Å². The molecular weight excluding hydrogens is 248 g/mol. The van der Waals surface area contributed by atoms with Crippen molar-refractivity contribution in [1.82, 2.24) is 9.62 Å². The highest BCUT2D eigenvalue weighted by Crippen LogP contribution is 2.25. The third kappa shape index (κ3) is 4.86. The molecule has 0 bridgehead atoms. The molecule has 1 aliphatic carbocycles. The molecule has 0 aromatic rings. The molecule has 0 amide bonds. The minimum atomic E-state index is -3.13. The van der Waals surface area contributed by atoms with E-state index >= 15 is 0 Å². The predicted octanol–water partition coefficient (Wildman–Crippen LogP) is 1.82. The first-order chi connectivity index (χ1) is 8.14. The highest BCUT2D eigenvalue weighted by Gasteiger charge is 2.31. The molecule has 0 aromatic heterocycles. The van der Waals surface area contributed by atoms with E-state index in [0.717, 1.165) is 6.54 Å². The Bertz CT molecular complexity index is 356. The number of hydrogen-bond acceptors (Lipinski definition) is 3. The molecule has 1 unspecified atom stereocenters. The second-order valence-corrected chi connectivity index (χ2v) is 8.60. The van der Waals surface area contributed by atoms with Crippen LogP contribution in [-0.2, 0) is 10.0 Å². The smallest absolute Gasteiger partial charge is 0.214 e. The van der Waals surface area contributed by atoms with Gasteiger partial charge < -0.3 is 5.32 Å². The summed E-state index contributed by atoms with van der Waals surface area (Å²) in [5, 5.41) is 3.34. The molecule has 4 nitrogen and oxygen atoms in total. The maximum Gasteiger partial charge on any atom is 0.214 e. The van der Waals surface area contributed by atoms with Gasteiger partial charge in [-0.25, -0.2) is 12.7 Å². The van der Waals surface area contributed by atoms with E-state index in [4.69, 9.17) is 0 Å². The van der Waals surface area contributed by atoms with Crippen molar-refractivity contribution in [3.05, 3.63) is 0 Å². The molecule has 1 fully saturated rings. The Labute approximate surface area is 112 Å². The van der Waals surface area contributed by atoms with Crippen LogP contribution in [0.5, 0.6) is 0 Å². The monoisotopic (exact) mass is 276 g/mol. The van der Waals surface area contributed by atoms with Crippen LogP contribution >= 0.6 is 0 Å². The molecule has 5 heteroatoms. The van der Waals surface area contributed by atoms with E-state index in [1.807, 2.05) is 6.92 Å². The van der Waals surface area contributed by atoms with Gasteiger partial charge in [0.15, 0.2) is 0 Å². The second kappa shape index (κ2) is 5.88. The van der Waals surface area contributed by atoms with Crippen LogP contribution in [0.15, 0.2) is 0 Å². The van der Waals surface area contributed by atoms with Crippen molar-refractivity contribution in [2.45, 2.75) is 59.0 Å². The summed E-state index contributed by atoms with van der Waals surface area (Å²) in [4.78, 5) is 0. The van der Waals surface area contributed by atoms with Gasteiger partial charge in [0.25, 0.3) is 0 Å². The fourth-order valence-corrected chi connectivity index (χ4v) is 3.37. The van der Waals surface area contributed by atoms with E-state index in [2.05, 4.69) is 26.1 Å². The van der Waals surface area contributed by atoms with Gasteiger partial charge in [-0.3, -0.25) is 0 Å². The topological polar surface area (TPSA) is 49.4 Å². The van der Waals surface area contributed by atoms with E-state index in [9.17, 15) is 8.42 Å². The van der Waals surface area contributed by atoms with Gasteiger partial charge >= 0.3 is 0 Å². The summed E-state index contributed by atoms with van der Waals surface area (Å²) in [6.45, 7) is 8.98. The first kappa shape index (κ1) is 15.9. The number of rotatable bonds is 7. The van der Waals surface area contributed by atoms with Crippen LogP contribution in [0.1, 0.15) is 47.0 Å². The quantitative estimate of drug-likeness (QED) is 0.722. The lowest BCUT2D eigenvalue weighted by Gasteiger charge is -2.34. The Balaban J connectivity index is 2.40. The molecule has 0 aliphatic heterocycles. The Morgan fingerprint density at radius 3 is 2.33 bits per heavy atom. The Kier molecular flexibility index (Phi) is 5.21. The Morgan fingerprint density at radius 2 is 1.89 bits per heavy atom. The highest BCUT2D eigenvalue weighted by atomic mass is 32.2. The summed E-state index contributed by atoms with van der Waals surface area (Å²) in [5.74, 6) is 0.240. The molecule has 0 heterocycles. The van der Waals surface area contributed by atoms with Crippen LogP contribution in [0.25, 0.3) is 0 Å². The summed E-state index contributed by atoms with van der Waals surface area (Å²) < 4.78 is 25.9. The van der Waals surface area contributed by atoms with Crippen molar-refractivity contribution in [3.63, 3.8) is 0 Å². The third-order valence-electron chi connectivity index (χ3n) is 3.83. The summed E-state index contributed by atoms with van der Waals surface area (Å²) >= 11 is 0. The standard InChI is InChI=1S/C13H28N2O2S/c1-11(13(2,3)4)15(5)18(16,17)10-6-9-14-12-7-8-12/h11-12,14H,6-10H2,1-5H3. The van der Waals surface area contributed by atoms with E-state index in [-0.39, 0.29) is 17.2 Å². The number of sulfonamides is 1. The minimum absolute atomic E-state index is 0.0129. The van der Waals surface area contributed by atoms with E-state index in [1.54, 1.807) is 7.05 Å². The van der Waals surface area contributed by atoms with Gasteiger partial charge in [0.2, 0.25) is 10.0 Å². The molecule has 1 aliphatic rings. The first-order valence-electron chi connectivity index (χ1n) is 6.83. The maximum atomic E-state index is 12.2. The molecule has 1 saturated carbocycles. The fourth-order valence-electron chi connectivity index (χ4n) is 1.78. The molecule has 0 saturated heterocycles. The van der Waals surface area contributed by atoms with Crippen LogP contribution in [0.2, 0.25) is 0 Å². The average molecular weight is 276 g/mol. The van der Waals surface area contributed by atoms with E-state index in [0.29, 0.717) is 12.5 Å². The van der Waals surface area contributed by atoms with Gasteiger partial charge in [-0.05, 0) is 38.1 Å². The van der Waals surface area contributed by atoms with Crippen LogP contribution in [0, 0.1) is 5.41 Å². The first-order valence-corrected chi connectivity index (χ1v) is 8.44. The average Bonchev–Trinajstić information content (AvgIpc) is 3.04. The summed E-state index contributed by atoms with van der Waals surface area (Å²) in [6.07, 6.45) is 3.18. The third-order valence-corrected chi connectivity index (χ3v) is 5.83. The van der Waals surface area contributed by atoms with Gasteiger partial charge in [-0.15, -0.1) is 0 Å². The lowest BCUT2D eigenvalue weighted by molar-refractivity contribution is 0.216. The normalized spacial score (nSPS) is 19.2. The molecule has 0 spiro atoms. The Hall–Kier alpha value is -0.130. The van der Waals surface area contributed by atoms with E-state index in [1.165, 1.54) is 17.1 Å². The maximum absolute atomic E-state index is 12.2. The van der Waals surface area contributed by atoms with Gasteiger partial charge in [0, 0.05) is 19.1 Å². The zero-order valence-corrected chi connectivity index (χ0v) is 13.2. The van der Waals surface area contributed by atoms with Crippen molar-refractivity contribution in [1.29, 1.82) is 0 Å². The Morgan fingerprint density at radius 1 is 1.33 bits per heavy atom. The number of hydrogen-bond donors (Lipinski definition) is 1. The zero-order chi connectivity index (χ0) is 14.0. The van der Waals surface area contributed by atoms with Crippen LogP contribution in [0.4, 0.5) is 0 Å². The van der Waals surface area contributed by atoms with Crippen molar-refractivity contribution >= 4 is 10.0 Å². The van der Waals surface area contributed by atoms with E-state index < -0.39 is 10.0 Å². The molecule has 0 radical (unpaired) electrons. The van der Waals surface area contributed by atoms with Crippen molar-refractivity contribution in [2.75, 3.05) is 19.3 Å². The van der Waals surface area contributed by atoms with Crippen molar-refractivity contribution in [2.24, 2.45) is 5.41 Å². The van der Waals surface area contributed by atoms with Crippen molar-refractivity contribution < 1.29 is 8.42 Å². The molecule has 0 aromatic carbocycles. The summed E-state index contributed by atoms with van der Waals surface area (Å²) in [5.41, 5.74) is -0.0336. The molecule has 108 valence electrons. The lowest BCUT2D eigenvalue weighted by Crippen LogP contribution is -2.44. The molecule has 1 atom stereocenters. The fraction of sp³-hybridized carbons (Fsp3) is 1.00. The largest absolute Gasteiger partial charge is 0.314 e. The lowest BCUT2D eigenvalue weighted by atomic mass is 9.88. The van der Waals surface area contributed by atoms with Crippen LogP contribution < -0.4 is 5.32 Å².